The molecule has 0 saturated carbocycles. The highest BCUT2D eigenvalue weighted by atomic mass is 16.3. The maximum atomic E-state index is 11.9. The molecule has 2 unspecified atom stereocenters. The van der Waals surface area contributed by atoms with Gasteiger partial charge in [0.1, 0.15) is 12.2 Å². The van der Waals surface area contributed by atoms with Gasteiger partial charge < -0.3 is 10.2 Å². The van der Waals surface area contributed by atoms with Gasteiger partial charge in [-0.25, -0.2) is 9.80 Å². The van der Waals surface area contributed by atoms with Crippen LogP contribution in [-0.2, 0) is 25.6 Å². The first kappa shape index (κ1) is 19.0. The van der Waals surface area contributed by atoms with E-state index in [1.807, 2.05) is 0 Å². The van der Waals surface area contributed by atoms with Crippen LogP contribution in [0.5, 0.6) is 0 Å². The summed E-state index contributed by atoms with van der Waals surface area (Å²) in [5.41, 5.74) is 2.70. The standard InChI is InChI=1S/C21H18N2O6/c24-16-10-18(26)22(20(16)28)14-5-1-12(2-6-14)9-13-3-7-15(8-4-13)23-19(27)11-17(25)21(23)29/h1-8,16-17,24-25H,9-11H2. The highest BCUT2D eigenvalue weighted by Gasteiger charge is 2.39. The second-order valence-electron chi connectivity index (χ2n) is 7.08. The largest absolute Gasteiger partial charge is 0.383 e. The van der Waals surface area contributed by atoms with Crippen molar-refractivity contribution in [2.75, 3.05) is 9.80 Å². The fourth-order valence-corrected chi connectivity index (χ4v) is 3.54. The molecule has 2 N–H and O–H groups in total. The Morgan fingerprint density at radius 1 is 0.655 bits per heavy atom. The van der Waals surface area contributed by atoms with Crippen molar-refractivity contribution >= 4 is 35.0 Å². The quantitative estimate of drug-likeness (QED) is 0.731. The summed E-state index contributed by atoms with van der Waals surface area (Å²) in [6.45, 7) is 0. The molecule has 0 spiro atoms. The molecule has 4 amide bonds. The molecule has 29 heavy (non-hydrogen) atoms. The van der Waals surface area contributed by atoms with E-state index >= 15 is 0 Å². The number of nitrogens with zero attached hydrogens (tertiary/aromatic N) is 2. The van der Waals surface area contributed by atoms with Crippen LogP contribution in [0.2, 0.25) is 0 Å². The summed E-state index contributed by atoms with van der Waals surface area (Å²) in [5.74, 6) is -2.09. The summed E-state index contributed by atoms with van der Waals surface area (Å²) in [6.07, 6.45) is -2.40. The molecule has 2 saturated heterocycles. The highest BCUT2D eigenvalue weighted by Crippen LogP contribution is 2.26. The number of carbonyl (C=O) groups is 4. The topological polar surface area (TPSA) is 115 Å². The minimum Gasteiger partial charge on any atom is -0.383 e. The molecule has 0 radical (unpaired) electrons. The predicted octanol–water partition coefficient (Wildman–Crippen LogP) is 0.526. The van der Waals surface area contributed by atoms with Gasteiger partial charge in [-0.3, -0.25) is 19.2 Å². The van der Waals surface area contributed by atoms with Crippen LogP contribution >= 0.6 is 0 Å². The van der Waals surface area contributed by atoms with Crippen LogP contribution < -0.4 is 9.80 Å². The van der Waals surface area contributed by atoms with Crippen LogP contribution in [0, 0.1) is 0 Å². The highest BCUT2D eigenvalue weighted by molar-refractivity contribution is 6.22. The smallest absolute Gasteiger partial charge is 0.263 e. The van der Waals surface area contributed by atoms with Crippen LogP contribution in [0.3, 0.4) is 0 Å². The Labute approximate surface area is 166 Å². The van der Waals surface area contributed by atoms with E-state index in [-0.39, 0.29) is 12.8 Å². The average molecular weight is 394 g/mol. The van der Waals surface area contributed by atoms with Gasteiger partial charge in [0.05, 0.1) is 24.2 Å². The van der Waals surface area contributed by atoms with Crippen LogP contribution in [0.25, 0.3) is 0 Å². The molecule has 2 aliphatic heterocycles. The van der Waals surface area contributed by atoms with E-state index in [4.69, 9.17) is 0 Å². The van der Waals surface area contributed by atoms with Crippen molar-refractivity contribution in [3.8, 4) is 0 Å². The molecule has 2 heterocycles. The van der Waals surface area contributed by atoms with E-state index in [9.17, 15) is 29.4 Å². The van der Waals surface area contributed by atoms with Gasteiger partial charge >= 0.3 is 0 Å². The summed E-state index contributed by atoms with van der Waals surface area (Å²) < 4.78 is 0. The van der Waals surface area contributed by atoms with Gasteiger partial charge in [0, 0.05) is 0 Å². The van der Waals surface area contributed by atoms with Gasteiger partial charge in [-0.1, -0.05) is 24.3 Å². The average Bonchev–Trinajstić information content (AvgIpc) is 3.10. The second kappa shape index (κ2) is 7.23. The Kier molecular flexibility index (Phi) is 4.73. The lowest BCUT2D eigenvalue weighted by molar-refractivity contribution is -0.125. The molecule has 0 aliphatic carbocycles. The molecule has 148 valence electrons. The van der Waals surface area contributed by atoms with Gasteiger partial charge in [-0.05, 0) is 41.8 Å². The molecular weight excluding hydrogens is 376 g/mol. The minimum atomic E-state index is -1.28. The van der Waals surface area contributed by atoms with Crippen LogP contribution in [0.4, 0.5) is 11.4 Å². The number of anilines is 2. The van der Waals surface area contributed by atoms with Crippen molar-refractivity contribution in [1.29, 1.82) is 0 Å². The molecule has 8 nitrogen and oxygen atoms in total. The Morgan fingerprint density at radius 3 is 1.28 bits per heavy atom. The lowest BCUT2D eigenvalue weighted by atomic mass is 10.0. The van der Waals surface area contributed by atoms with Crippen molar-refractivity contribution in [3.05, 3.63) is 59.7 Å². The number of imide groups is 2. The summed E-state index contributed by atoms with van der Waals surface area (Å²) in [5, 5.41) is 19.1. The van der Waals surface area contributed by atoms with Crippen LogP contribution in [0.15, 0.2) is 48.5 Å². The molecule has 2 aromatic rings. The fraction of sp³-hybridized carbons (Fsp3) is 0.238. The SMILES string of the molecule is O=C1CC(O)C(=O)N1c1ccc(Cc2ccc(N3C(=O)CC(O)C3=O)cc2)cc1. The van der Waals surface area contributed by atoms with Crippen LogP contribution in [0.1, 0.15) is 24.0 Å². The van der Waals surface area contributed by atoms with Crippen molar-refractivity contribution in [2.45, 2.75) is 31.5 Å². The number of carbonyl (C=O) groups excluding carboxylic acids is 4. The first-order chi connectivity index (χ1) is 13.8. The van der Waals surface area contributed by atoms with Crippen LogP contribution in [-0.4, -0.2) is 46.0 Å². The number of rotatable bonds is 4. The Balaban J connectivity index is 1.46. The molecule has 0 bridgehead atoms. The number of amides is 4. The molecule has 2 aliphatic rings. The Hall–Kier alpha value is -3.36. The van der Waals surface area contributed by atoms with Crippen molar-refractivity contribution < 1.29 is 29.4 Å². The molecule has 2 aromatic carbocycles. The molecular formula is C21H18N2O6. The van der Waals surface area contributed by atoms with Gasteiger partial charge in [0.15, 0.2) is 0 Å². The van der Waals surface area contributed by atoms with Gasteiger partial charge in [-0.2, -0.15) is 0 Å². The van der Waals surface area contributed by atoms with Gasteiger partial charge in [0.25, 0.3) is 11.8 Å². The van der Waals surface area contributed by atoms with Gasteiger partial charge in [-0.15, -0.1) is 0 Å². The monoisotopic (exact) mass is 394 g/mol. The third-order valence-corrected chi connectivity index (χ3v) is 5.04. The summed E-state index contributed by atoms with van der Waals surface area (Å²) in [6, 6.07) is 13.8. The normalized spacial score (nSPS) is 22.1. The second-order valence-corrected chi connectivity index (χ2v) is 7.08. The van der Waals surface area contributed by atoms with E-state index in [0.717, 1.165) is 20.9 Å². The van der Waals surface area contributed by atoms with E-state index < -0.39 is 35.8 Å². The summed E-state index contributed by atoms with van der Waals surface area (Å²) in [4.78, 5) is 49.5. The zero-order chi connectivity index (χ0) is 20.7. The lowest BCUT2D eigenvalue weighted by Gasteiger charge is -2.15. The fourth-order valence-electron chi connectivity index (χ4n) is 3.54. The molecule has 2 fully saturated rings. The zero-order valence-electron chi connectivity index (χ0n) is 15.3. The minimum absolute atomic E-state index is 0.202. The van der Waals surface area contributed by atoms with Crippen molar-refractivity contribution in [1.82, 2.24) is 0 Å². The maximum absolute atomic E-state index is 11.9. The van der Waals surface area contributed by atoms with E-state index in [1.54, 1.807) is 48.5 Å². The maximum Gasteiger partial charge on any atom is 0.263 e. The van der Waals surface area contributed by atoms with E-state index in [2.05, 4.69) is 0 Å². The Morgan fingerprint density at radius 2 is 1.00 bits per heavy atom. The third-order valence-electron chi connectivity index (χ3n) is 5.04. The molecule has 4 rings (SSSR count). The zero-order valence-corrected chi connectivity index (χ0v) is 15.3. The summed E-state index contributed by atoms with van der Waals surface area (Å²) >= 11 is 0. The number of aliphatic hydroxyl groups is 2. The number of hydrogen-bond donors (Lipinski definition) is 2. The number of aliphatic hydroxyl groups excluding tert-OH is 2. The lowest BCUT2D eigenvalue weighted by Crippen LogP contribution is -2.31. The summed E-state index contributed by atoms with van der Waals surface area (Å²) in [7, 11) is 0. The van der Waals surface area contributed by atoms with Crippen molar-refractivity contribution in [3.63, 3.8) is 0 Å². The van der Waals surface area contributed by atoms with Gasteiger partial charge in [0.2, 0.25) is 11.8 Å². The number of benzene rings is 2. The Bertz CT molecular complexity index is 917. The number of hydrogen-bond acceptors (Lipinski definition) is 6. The third kappa shape index (κ3) is 3.43. The first-order valence-electron chi connectivity index (χ1n) is 9.13. The first-order valence-corrected chi connectivity index (χ1v) is 9.13. The molecule has 2 atom stereocenters. The predicted molar refractivity (Wildman–Crippen MR) is 102 cm³/mol. The molecule has 0 aromatic heterocycles. The van der Waals surface area contributed by atoms with E-state index in [1.165, 1.54) is 0 Å². The van der Waals surface area contributed by atoms with Crippen molar-refractivity contribution in [2.24, 2.45) is 0 Å². The molecule has 8 heteroatoms. The van der Waals surface area contributed by atoms with E-state index in [0.29, 0.717) is 17.8 Å².